The summed E-state index contributed by atoms with van der Waals surface area (Å²) in [6.45, 7) is 1.97. The van der Waals surface area contributed by atoms with Crippen LogP contribution in [-0.2, 0) is 0 Å². The van der Waals surface area contributed by atoms with Gasteiger partial charge in [0.05, 0.1) is 11.1 Å². The molecule has 10 nitrogen and oxygen atoms in total. The molecule has 0 amide bonds. The molecule has 0 atom stereocenters. The smallest absolute Gasteiger partial charge is 0.269 e. The topological polar surface area (TPSA) is 130 Å². The third-order valence-electron chi connectivity index (χ3n) is 4.61. The van der Waals surface area contributed by atoms with Crippen molar-refractivity contribution in [2.24, 2.45) is 5.10 Å². The summed E-state index contributed by atoms with van der Waals surface area (Å²) in [5, 5.41) is 21.9. The van der Waals surface area contributed by atoms with E-state index in [0.717, 1.165) is 16.8 Å². The van der Waals surface area contributed by atoms with Gasteiger partial charge in [0.15, 0.2) is 0 Å². The molecule has 0 saturated carbocycles. The van der Waals surface area contributed by atoms with Crippen molar-refractivity contribution in [2.75, 3.05) is 16.1 Å². The number of nitro groups is 1. The fourth-order valence-corrected chi connectivity index (χ4v) is 3.01. The zero-order valence-corrected chi connectivity index (χ0v) is 18.7. The summed E-state index contributed by atoms with van der Waals surface area (Å²) in [5.41, 5.74) is 6.07. The Morgan fingerprint density at radius 2 is 1.53 bits per heavy atom. The summed E-state index contributed by atoms with van der Waals surface area (Å²) < 4.78 is 0. The Morgan fingerprint density at radius 3 is 2.21 bits per heavy atom. The van der Waals surface area contributed by atoms with E-state index < -0.39 is 4.92 Å². The second-order valence-electron chi connectivity index (χ2n) is 7.10. The number of rotatable bonds is 8. The molecule has 170 valence electrons. The van der Waals surface area contributed by atoms with Crippen molar-refractivity contribution in [3.63, 3.8) is 0 Å². The molecule has 0 aliphatic heterocycles. The van der Waals surface area contributed by atoms with Gasteiger partial charge in [-0.2, -0.15) is 20.1 Å². The van der Waals surface area contributed by atoms with Gasteiger partial charge in [-0.3, -0.25) is 10.1 Å². The lowest BCUT2D eigenvalue weighted by molar-refractivity contribution is -0.384. The lowest BCUT2D eigenvalue weighted by atomic mass is 10.2. The first kappa shape index (κ1) is 22.6. The Bertz CT molecular complexity index is 1330. The summed E-state index contributed by atoms with van der Waals surface area (Å²) >= 11 is 5.91. The van der Waals surface area contributed by atoms with Crippen molar-refractivity contribution in [3.8, 4) is 0 Å². The maximum Gasteiger partial charge on any atom is 0.269 e. The van der Waals surface area contributed by atoms with Crippen molar-refractivity contribution in [1.82, 2.24) is 15.0 Å². The molecule has 1 aromatic heterocycles. The van der Waals surface area contributed by atoms with E-state index >= 15 is 0 Å². The number of aromatic nitrogens is 3. The minimum atomic E-state index is -0.461. The molecule has 3 N–H and O–H groups in total. The molecule has 3 aromatic carbocycles. The number of nitrogens with one attached hydrogen (secondary N) is 3. The van der Waals surface area contributed by atoms with Gasteiger partial charge in [-0.05, 0) is 48.4 Å². The molecule has 1 heterocycles. The zero-order valence-electron chi connectivity index (χ0n) is 17.9. The van der Waals surface area contributed by atoms with Crippen LogP contribution in [0.2, 0.25) is 5.02 Å². The highest BCUT2D eigenvalue weighted by atomic mass is 35.5. The molecule has 0 unspecified atom stereocenters. The molecule has 0 aliphatic rings. The van der Waals surface area contributed by atoms with E-state index in [-0.39, 0.29) is 23.5 Å². The number of non-ortho nitro benzene ring substituents is 1. The van der Waals surface area contributed by atoms with Crippen molar-refractivity contribution < 1.29 is 4.92 Å². The summed E-state index contributed by atoms with van der Waals surface area (Å²) in [4.78, 5) is 23.6. The van der Waals surface area contributed by atoms with Crippen LogP contribution in [0.3, 0.4) is 0 Å². The van der Waals surface area contributed by atoms with Crippen LogP contribution in [0.4, 0.5) is 34.9 Å². The fraction of sp³-hybridized carbons (Fsp3) is 0.0435. The van der Waals surface area contributed by atoms with Gasteiger partial charge in [0.25, 0.3) is 5.69 Å². The third kappa shape index (κ3) is 6.02. The normalized spacial score (nSPS) is 10.8. The Hall–Kier alpha value is -4.57. The minimum Gasteiger partial charge on any atom is -0.324 e. The molecule has 11 heteroatoms. The van der Waals surface area contributed by atoms with Crippen LogP contribution in [0.5, 0.6) is 0 Å². The number of nitrogens with zero attached hydrogens (tertiary/aromatic N) is 5. The number of benzene rings is 3. The van der Waals surface area contributed by atoms with Crippen molar-refractivity contribution in [3.05, 3.63) is 99.1 Å². The van der Waals surface area contributed by atoms with Crippen LogP contribution in [0.25, 0.3) is 0 Å². The first-order chi connectivity index (χ1) is 16.5. The highest BCUT2D eigenvalue weighted by molar-refractivity contribution is 6.30. The van der Waals surface area contributed by atoms with Gasteiger partial charge in [0.2, 0.25) is 17.8 Å². The van der Waals surface area contributed by atoms with Gasteiger partial charge in [0.1, 0.15) is 0 Å². The van der Waals surface area contributed by atoms with Crippen LogP contribution in [0, 0.1) is 17.0 Å². The van der Waals surface area contributed by atoms with Crippen molar-refractivity contribution >= 4 is 52.7 Å². The fourth-order valence-electron chi connectivity index (χ4n) is 2.88. The number of hydrogen-bond acceptors (Lipinski definition) is 9. The number of anilines is 5. The number of nitro benzene ring substituents is 1. The van der Waals surface area contributed by atoms with E-state index in [0.29, 0.717) is 10.7 Å². The molecule has 0 radical (unpaired) electrons. The Morgan fingerprint density at radius 1 is 0.882 bits per heavy atom. The molecule has 4 aromatic rings. The Labute approximate surface area is 199 Å². The quantitative estimate of drug-likeness (QED) is 0.169. The third-order valence-corrected chi connectivity index (χ3v) is 4.86. The maximum absolute atomic E-state index is 10.9. The largest absolute Gasteiger partial charge is 0.324 e. The first-order valence-electron chi connectivity index (χ1n) is 10.1. The van der Waals surface area contributed by atoms with E-state index in [9.17, 15) is 10.1 Å². The van der Waals surface area contributed by atoms with Crippen LogP contribution >= 0.6 is 11.6 Å². The van der Waals surface area contributed by atoms with Gasteiger partial charge in [-0.1, -0.05) is 41.9 Å². The molecule has 0 fully saturated rings. The highest BCUT2D eigenvalue weighted by Crippen LogP contribution is 2.22. The van der Waals surface area contributed by atoms with E-state index in [4.69, 9.17) is 11.6 Å². The van der Waals surface area contributed by atoms with Crippen molar-refractivity contribution in [1.29, 1.82) is 0 Å². The van der Waals surface area contributed by atoms with E-state index in [1.165, 1.54) is 12.1 Å². The van der Waals surface area contributed by atoms with Gasteiger partial charge in [-0.25, -0.2) is 5.43 Å². The lowest BCUT2D eigenvalue weighted by Gasteiger charge is -2.11. The molecule has 0 bridgehead atoms. The number of hydrazone groups is 1. The van der Waals surface area contributed by atoms with Crippen molar-refractivity contribution in [2.45, 2.75) is 6.92 Å². The van der Waals surface area contributed by atoms with E-state index in [2.05, 4.69) is 36.1 Å². The van der Waals surface area contributed by atoms with Crippen LogP contribution in [0.15, 0.2) is 77.9 Å². The molecule has 0 aliphatic carbocycles. The average Bonchev–Trinajstić information content (AvgIpc) is 2.82. The van der Waals surface area contributed by atoms with Gasteiger partial charge in [-0.15, -0.1) is 0 Å². The van der Waals surface area contributed by atoms with Crippen LogP contribution < -0.4 is 16.1 Å². The zero-order chi connectivity index (χ0) is 23.9. The maximum atomic E-state index is 10.9. The van der Waals surface area contributed by atoms with E-state index in [1.807, 2.05) is 43.3 Å². The molecular formula is C23H19ClN8O2. The van der Waals surface area contributed by atoms with E-state index in [1.54, 1.807) is 30.5 Å². The number of para-hydroxylation sites is 1. The summed E-state index contributed by atoms with van der Waals surface area (Å²) in [7, 11) is 0. The predicted octanol–water partition coefficient (Wildman–Crippen LogP) is 5.67. The van der Waals surface area contributed by atoms with Gasteiger partial charge < -0.3 is 10.6 Å². The first-order valence-corrected chi connectivity index (χ1v) is 10.5. The second kappa shape index (κ2) is 10.4. The molecule has 0 saturated heterocycles. The summed E-state index contributed by atoms with van der Waals surface area (Å²) in [6.07, 6.45) is 1.61. The van der Waals surface area contributed by atoms with Crippen LogP contribution in [-0.4, -0.2) is 26.1 Å². The number of aryl methyl sites for hydroxylation is 1. The standard InChI is InChI=1S/C23H19ClN8O2/c1-15-4-2-3-5-20(15)27-22-28-21(26-18-10-12-19(13-11-18)32(33)34)29-23(30-22)31-25-14-16-6-8-17(24)9-7-16/h2-14H,1H3,(H3,26,27,28,29,30,31). The Balaban J connectivity index is 1.59. The van der Waals surface area contributed by atoms with Gasteiger partial charge >= 0.3 is 0 Å². The number of halogens is 1. The Kier molecular flexibility index (Phi) is 6.89. The minimum absolute atomic E-state index is 0.0120. The average molecular weight is 475 g/mol. The number of hydrogen-bond donors (Lipinski definition) is 3. The van der Waals surface area contributed by atoms with Crippen LogP contribution in [0.1, 0.15) is 11.1 Å². The second-order valence-corrected chi connectivity index (χ2v) is 7.53. The summed E-state index contributed by atoms with van der Waals surface area (Å²) in [6, 6.07) is 20.8. The molecule has 0 spiro atoms. The van der Waals surface area contributed by atoms with Gasteiger partial charge in [0, 0.05) is 28.5 Å². The molecule has 4 rings (SSSR count). The lowest BCUT2D eigenvalue weighted by Crippen LogP contribution is -2.07. The molecule has 34 heavy (non-hydrogen) atoms. The summed E-state index contributed by atoms with van der Waals surface area (Å²) in [5.74, 6) is 0.711. The monoisotopic (exact) mass is 474 g/mol. The SMILES string of the molecule is Cc1ccccc1Nc1nc(NN=Cc2ccc(Cl)cc2)nc(Nc2ccc([N+](=O)[O-])cc2)n1. The molecular weight excluding hydrogens is 456 g/mol. The predicted molar refractivity (Wildman–Crippen MR) is 133 cm³/mol. The highest BCUT2D eigenvalue weighted by Gasteiger charge is 2.10.